The molecule has 27 rings (SSSR count). The number of pyridine rings is 3. The minimum atomic E-state index is 0.634. The first-order valence-corrected chi connectivity index (χ1v) is 44.7. The average Bonchev–Trinajstić information content (AvgIpc) is 1.73. The van der Waals surface area contributed by atoms with Gasteiger partial charge in [0.15, 0.2) is 52.4 Å². The summed E-state index contributed by atoms with van der Waals surface area (Å²) < 4.78 is 19.2. The van der Waals surface area contributed by atoms with E-state index in [-0.39, 0.29) is 0 Å². The highest BCUT2D eigenvalue weighted by molar-refractivity contribution is 6.22. The molecule has 15 nitrogen and oxygen atoms in total. The molecule has 9 aromatic heterocycles. The standard InChI is InChI=1S/3C40H24N4O/c1-3-11-25(12-4-1)38-42-39(26-13-5-2-6-14-26)44-40(43-38)32-20-8-16-28-29(17-7-18-30(28)32)31-19-9-21-35-37(31)33-24-34-27(15-10-22-41-34)23-36(33)45-35;1-3-10-25(11-4-1)38-42-39(26-12-5-2-6-13-26)44-40(43-38)33-18-8-14-29-30(15-7-16-31(29)33)32-17-9-19-35-37(32)34-22-28-24-41-21-20-27(28)23-36(34)45-35;1-3-10-25(11-4-1)38-42-39(26-12-5-2-6-13-26)44-40(43-38)33-18-8-14-29-30(15-7-16-31(29)33)32-17-9-19-35-37(32)34-22-27-20-21-41-24-28(27)23-36(34)45-35/h3*1-24H. The van der Waals surface area contributed by atoms with E-state index in [4.69, 9.17) is 58.1 Å². The third-order valence-corrected chi connectivity index (χ3v) is 25.2. The Morgan fingerprint density at radius 1 is 0.156 bits per heavy atom. The normalized spacial score (nSPS) is 11.6. The van der Waals surface area contributed by atoms with Gasteiger partial charge in [-0.3, -0.25) is 15.0 Å². The molecule has 135 heavy (non-hydrogen) atoms. The van der Waals surface area contributed by atoms with Crippen LogP contribution < -0.4 is 0 Å². The Kier molecular flexibility index (Phi) is 19.5. The molecule has 0 saturated heterocycles. The summed E-state index contributed by atoms with van der Waals surface area (Å²) in [5.41, 5.74) is 21.3. The van der Waals surface area contributed by atoms with Crippen LogP contribution in [0.25, 0.3) is 266 Å². The zero-order chi connectivity index (χ0) is 89.2. The number of fused-ring (bicyclic) bond motifs is 15. The van der Waals surface area contributed by atoms with Crippen LogP contribution in [0.15, 0.2) is 451 Å². The molecule has 0 saturated carbocycles. The van der Waals surface area contributed by atoms with Crippen LogP contribution in [0.2, 0.25) is 0 Å². The summed E-state index contributed by atoms with van der Waals surface area (Å²) in [6.07, 6.45) is 9.26. The SMILES string of the molecule is c1ccc(-c2nc(-c3ccccc3)nc(-c3cccc4c(-c5cccc6oc7cc8cccnc8cc7c56)cccc34)n2)cc1.c1ccc(-c2nc(-c3ccccc3)nc(-c3cccc4c(-c5cccc6oc7cc8ccncc8cc7c56)cccc34)n2)cc1.c1ccc(-c2nc(-c3ccccc3)nc(-c3cccc4c(-c5cccc6oc7cc8cnccc8cc7c56)cccc34)n2)cc1. The molecule has 0 fully saturated rings. The molecule has 0 aliphatic rings. The molecule has 0 spiro atoms. The Labute approximate surface area is 771 Å². The Bertz CT molecular complexity index is 8300. The van der Waals surface area contributed by atoms with Gasteiger partial charge in [-0.1, -0.05) is 334 Å². The molecule has 15 heteroatoms. The van der Waals surface area contributed by atoms with Crippen LogP contribution in [0.3, 0.4) is 0 Å². The number of hydrogen-bond donors (Lipinski definition) is 0. The summed E-state index contributed by atoms with van der Waals surface area (Å²) >= 11 is 0. The van der Waals surface area contributed by atoms with E-state index in [1.807, 2.05) is 249 Å². The van der Waals surface area contributed by atoms with Gasteiger partial charge in [0.2, 0.25) is 0 Å². The molecule has 0 radical (unpaired) electrons. The lowest BCUT2D eigenvalue weighted by Gasteiger charge is -2.13. The Morgan fingerprint density at radius 2 is 0.415 bits per heavy atom. The smallest absolute Gasteiger partial charge is 0.164 e. The van der Waals surface area contributed by atoms with Crippen molar-refractivity contribution in [3.8, 4) is 136 Å². The van der Waals surface area contributed by atoms with Crippen LogP contribution in [-0.2, 0) is 0 Å². The van der Waals surface area contributed by atoms with Crippen molar-refractivity contribution in [3.63, 3.8) is 0 Å². The van der Waals surface area contributed by atoms with Crippen molar-refractivity contribution in [2.45, 2.75) is 0 Å². The number of hydrogen-bond acceptors (Lipinski definition) is 15. The molecule has 0 aliphatic carbocycles. The molecule has 18 aromatic carbocycles. The lowest BCUT2D eigenvalue weighted by Crippen LogP contribution is -2.00. The molecule has 0 atom stereocenters. The van der Waals surface area contributed by atoms with Gasteiger partial charge in [-0.2, -0.15) is 0 Å². The van der Waals surface area contributed by atoms with Gasteiger partial charge < -0.3 is 13.3 Å². The van der Waals surface area contributed by atoms with Crippen molar-refractivity contribution in [1.29, 1.82) is 0 Å². The molecule has 0 aliphatic heterocycles. The predicted octanol–water partition coefficient (Wildman–Crippen LogP) is 30.4. The second kappa shape index (κ2) is 33.5. The van der Waals surface area contributed by atoms with E-state index in [0.29, 0.717) is 52.4 Å². The highest BCUT2D eigenvalue weighted by atomic mass is 16.3. The van der Waals surface area contributed by atoms with Crippen LogP contribution >= 0.6 is 0 Å². The Balaban J connectivity index is 0.000000108. The zero-order valence-electron chi connectivity index (χ0n) is 72.2. The predicted molar refractivity (Wildman–Crippen MR) is 545 cm³/mol. The quantitative estimate of drug-likeness (QED) is 0.112. The average molecular weight is 1730 g/mol. The van der Waals surface area contributed by atoms with Crippen molar-refractivity contribution < 1.29 is 13.3 Å². The van der Waals surface area contributed by atoms with Crippen LogP contribution in [0.5, 0.6) is 0 Å². The van der Waals surface area contributed by atoms with Gasteiger partial charge in [0.05, 0.1) is 5.52 Å². The third-order valence-electron chi connectivity index (χ3n) is 25.2. The van der Waals surface area contributed by atoms with Crippen molar-refractivity contribution in [3.05, 3.63) is 437 Å². The maximum Gasteiger partial charge on any atom is 0.164 e. The van der Waals surface area contributed by atoms with E-state index < -0.39 is 0 Å². The molecule has 9 heterocycles. The van der Waals surface area contributed by atoms with E-state index in [1.165, 1.54) is 0 Å². The highest BCUT2D eigenvalue weighted by Gasteiger charge is 2.25. The molecule has 0 amide bonds. The fourth-order valence-corrected chi connectivity index (χ4v) is 18.9. The summed E-state index contributed by atoms with van der Waals surface area (Å²) in [4.78, 5) is 58.0. The van der Waals surface area contributed by atoms with Crippen molar-refractivity contribution in [1.82, 2.24) is 59.8 Å². The molecule has 27 aromatic rings. The first-order chi connectivity index (χ1) is 66.9. The van der Waals surface area contributed by atoms with Crippen LogP contribution in [-0.4, -0.2) is 59.8 Å². The number of aromatic nitrogens is 12. The summed E-state index contributed by atoms with van der Waals surface area (Å²) in [5, 5.41) is 18.5. The molecular formula is C120H72N12O3. The first kappa shape index (κ1) is 78.6. The second-order valence-electron chi connectivity index (χ2n) is 33.3. The van der Waals surface area contributed by atoms with E-state index >= 15 is 0 Å². The first-order valence-electron chi connectivity index (χ1n) is 44.7. The largest absolute Gasteiger partial charge is 0.456 e. The van der Waals surface area contributed by atoms with Gasteiger partial charge in [-0.15, -0.1) is 0 Å². The monoisotopic (exact) mass is 1730 g/mol. The van der Waals surface area contributed by atoms with Crippen LogP contribution in [0, 0.1) is 0 Å². The van der Waals surface area contributed by atoms with Crippen LogP contribution in [0.4, 0.5) is 0 Å². The number of furan rings is 3. The minimum absolute atomic E-state index is 0.634. The van der Waals surface area contributed by atoms with Gasteiger partial charge in [0.25, 0.3) is 0 Å². The molecule has 630 valence electrons. The zero-order valence-corrected chi connectivity index (χ0v) is 72.2. The van der Waals surface area contributed by atoms with Crippen LogP contribution in [0.1, 0.15) is 0 Å². The van der Waals surface area contributed by atoms with Gasteiger partial charge in [0, 0.05) is 130 Å². The van der Waals surface area contributed by atoms with Gasteiger partial charge in [0.1, 0.15) is 33.5 Å². The van der Waals surface area contributed by atoms with E-state index in [1.54, 1.807) is 0 Å². The van der Waals surface area contributed by atoms with Crippen molar-refractivity contribution >= 4 is 131 Å². The minimum Gasteiger partial charge on any atom is -0.456 e. The highest BCUT2D eigenvalue weighted by Crippen LogP contribution is 2.47. The summed E-state index contributed by atoms with van der Waals surface area (Å²) in [7, 11) is 0. The van der Waals surface area contributed by atoms with E-state index in [9.17, 15) is 0 Å². The summed E-state index contributed by atoms with van der Waals surface area (Å²) in [5.74, 6) is 5.76. The van der Waals surface area contributed by atoms with E-state index in [2.05, 4.69) is 203 Å². The lowest BCUT2D eigenvalue weighted by molar-refractivity contribution is 0.669. The molecule has 0 unspecified atom stereocenters. The summed E-state index contributed by atoms with van der Waals surface area (Å²) in [6, 6.07) is 139. The third kappa shape index (κ3) is 14.5. The molecular weight excluding hydrogens is 1660 g/mol. The Hall–Kier alpha value is -18.6. The summed E-state index contributed by atoms with van der Waals surface area (Å²) in [6.45, 7) is 0. The van der Waals surface area contributed by atoms with Crippen molar-refractivity contribution in [2.24, 2.45) is 0 Å². The lowest BCUT2D eigenvalue weighted by atomic mass is 9.92. The van der Waals surface area contributed by atoms with Crippen molar-refractivity contribution in [2.75, 3.05) is 0 Å². The Morgan fingerprint density at radius 3 is 0.756 bits per heavy atom. The van der Waals surface area contributed by atoms with Gasteiger partial charge in [-0.05, 0) is 149 Å². The fraction of sp³-hybridized carbons (Fsp3) is 0. The maximum absolute atomic E-state index is 6.39. The maximum atomic E-state index is 6.39. The van der Waals surface area contributed by atoms with Gasteiger partial charge >= 0.3 is 0 Å². The molecule has 0 N–H and O–H groups in total. The number of benzene rings is 18. The number of nitrogens with zero attached hydrogens (tertiary/aromatic N) is 12. The molecule has 0 bridgehead atoms. The number of rotatable bonds is 12. The van der Waals surface area contributed by atoms with E-state index in [0.717, 1.165) is 214 Å². The fourth-order valence-electron chi connectivity index (χ4n) is 18.9. The van der Waals surface area contributed by atoms with Gasteiger partial charge in [-0.25, -0.2) is 44.9 Å². The topological polar surface area (TPSA) is 194 Å². The second-order valence-corrected chi connectivity index (χ2v) is 33.3.